The first-order valence-corrected chi connectivity index (χ1v) is 10.2. The largest absolute Gasteiger partial charge is 0.481 e. The zero-order chi connectivity index (χ0) is 21.6. The molecule has 2 aromatic rings. The number of hydrogen-bond donors (Lipinski definition) is 2. The SMILES string of the molecule is Cc1c(C)c2ccc(O[C@H](C)C(=O)NC3CC(C)(C)NC(C)(C)C3)cc2oc1=O. The number of nitrogens with one attached hydrogen (secondary N) is 2. The van der Waals surface area contributed by atoms with E-state index in [-0.39, 0.29) is 28.7 Å². The van der Waals surface area contributed by atoms with Crippen molar-refractivity contribution in [3.05, 3.63) is 39.7 Å². The predicted octanol–water partition coefficient (Wildman–Crippen LogP) is 3.60. The first kappa shape index (κ1) is 21.4. The van der Waals surface area contributed by atoms with Crippen LogP contribution in [0.1, 0.15) is 58.6 Å². The minimum atomic E-state index is -0.660. The van der Waals surface area contributed by atoms with Gasteiger partial charge in [0.05, 0.1) is 0 Å². The van der Waals surface area contributed by atoms with Gasteiger partial charge in [-0.3, -0.25) is 4.79 Å². The van der Waals surface area contributed by atoms with E-state index < -0.39 is 6.10 Å². The molecule has 1 aliphatic heterocycles. The highest BCUT2D eigenvalue weighted by Gasteiger charge is 2.38. The second-order valence-electron chi connectivity index (χ2n) is 9.56. The normalized spacial score (nSPS) is 19.7. The van der Waals surface area contributed by atoms with Gasteiger partial charge in [-0.05, 0) is 79.0 Å². The Morgan fingerprint density at radius 1 is 1.17 bits per heavy atom. The summed E-state index contributed by atoms with van der Waals surface area (Å²) in [6, 6.07) is 5.41. The Balaban J connectivity index is 1.71. The molecule has 0 radical (unpaired) electrons. The van der Waals surface area contributed by atoms with Crippen molar-refractivity contribution in [2.45, 2.75) is 84.5 Å². The van der Waals surface area contributed by atoms with Crippen molar-refractivity contribution in [2.24, 2.45) is 0 Å². The number of amides is 1. The van der Waals surface area contributed by atoms with Crippen molar-refractivity contribution in [1.82, 2.24) is 10.6 Å². The minimum Gasteiger partial charge on any atom is -0.481 e. The maximum absolute atomic E-state index is 12.7. The minimum absolute atomic E-state index is 0.0460. The lowest BCUT2D eigenvalue weighted by Gasteiger charge is -2.46. The van der Waals surface area contributed by atoms with Crippen molar-refractivity contribution in [1.29, 1.82) is 0 Å². The quantitative estimate of drug-likeness (QED) is 0.767. The molecule has 1 aromatic carbocycles. The molecule has 1 atom stereocenters. The molecule has 0 unspecified atom stereocenters. The molecule has 29 heavy (non-hydrogen) atoms. The lowest BCUT2D eigenvalue weighted by Crippen LogP contribution is -2.62. The van der Waals surface area contributed by atoms with Gasteiger partial charge in [0, 0.05) is 34.1 Å². The second-order valence-corrected chi connectivity index (χ2v) is 9.56. The van der Waals surface area contributed by atoms with Crippen LogP contribution in [0.5, 0.6) is 5.75 Å². The summed E-state index contributed by atoms with van der Waals surface area (Å²) in [5.41, 5.74) is 1.52. The molecule has 6 nitrogen and oxygen atoms in total. The fraction of sp³-hybridized carbons (Fsp3) is 0.565. The topological polar surface area (TPSA) is 80.6 Å². The van der Waals surface area contributed by atoms with Crippen molar-refractivity contribution >= 4 is 16.9 Å². The van der Waals surface area contributed by atoms with Gasteiger partial charge in [0.2, 0.25) is 0 Å². The van der Waals surface area contributed by atoms with E-state index in [4.69, 9.17) is 9.15 Å². The van der Waals surface area contributed by atoms with Gasteiger partial charge in [-0.2, -0.15) is 0 Å². The Morgan fingerprint density at radius 2 is 1.79 bits per heavy atom. The van der Waals surface area contributed by atoms with Crippen LogP contribution in [0.15, 0.2) is 27.4 Å². The fourth-order valence-corrected chi connectivity index (χ4v) is 4.50. The Bertz CT molecular complexity index is 974. The van der Waals surface area contributed by atoms with E-state index in [9.17, 15) is 9.59 Å². The summed E-state index contributed by atoms with van der Waals surface area (Å²) in [6.07, 6.45) is 1.05. The van der Waals surface area contributed by atoms with Crippen molar-refractivity contribution in [3.63, 3.8) is 0 Å². The number of fused-ring (bicyclic) bond motifs is 1. The molecular formula is C23H32N2O4. The summed E-state index contributed by atoms with van der Waals surface area (Å²) >= 11 is 0. The van der Waals surface area contributed by atoms with Gasteiger partial charge in [-0.1, -0.05) is 0 Å². The zero-order valence-electron chi connectivity index (χ0n) is 18.4. The molecule has 0 aliphatic carbocycles. The second kappa shape index (κ2) is 7.48. The number of piperidine rings is 1. The maximum Gasteiger partial charge on any atom is 0.339 e. The fourth-order valence-electron chi connectivity index (χ4n) is 4.50. The van der Waals surface area contributed by atoms with Crippen molar-refractivity contribution in [2.75, 3.05) is 0 Å². The first-order valence-electron chi connectivity index (χ1n) is 10.2. The van der Waals surface area contributed by atoms with Gasteiger partial charge in [0.25, 0.3) is 5.91 Å². The number of carbonyl (C=O) groups is 1. The van der Waals surface area contributed by atoms with E-state index in [1.165, 1.54) is 0 Å². The number of carbonyl (C=O) groups excluding carboxylic acids is 1. The van der Waals surface area contributed by atoms with Crippen LogP contribution < -0.4 is 21.0 Å². The third-order valence-electron chi connectivity index (χ3n) is 5.65. The molecule has 1 fully saturated rings. The summed E-state index contributed by atoms with van der Waals surface area (Å²) in [4.78, 5) is 24.7. The summed E-state index contributed by atoms with van der Waals surface area (Å²) in [5.74, 6) is 0.350. The third-order valence-corrected chi connectivity index (χ3v) is 5.65. The molecule has 1 aliphatic rings. The highest BCUT2D eigenvalue weighted by atomic mass is 16.5. The van der Waals surface area contributed by atoms with Gasteiger partial charge in [-0.15, -0.1) is 0 Å². The van der Waals surface area contributed by atoms with Gasteiger partial charge < -0.3 is 19.8 Å². The van der Waals surface area contributed by atoms with Crippen LogP contribution in [0.2, 0.25) is 0 Å². The molecular weight excluding hydrogens is 368 g/mol. The van der Waals surface area contributed by atoms with Crippen LogP contribution in [0.25, 0.3) is 11.0 Å². The van der Waals surface area contributed by atoms with Crippen LogP contribution >= 0.6 is 0 Å². The van der Waals surface area contributed by atoms with Gasteiger partial charge in [0.1, 0.15) is 11.3 Å². The number of benzene rings is 1. The van der Waals surface area contributed by atoms with E-state index in [0.29, 0.717) is 16.9 Å². The Kier molecular flexibility index (Phi) is 5.52. The van der Waals surface area contributed by atoms with E-state index in [1.54, 1.807) is 26.0 Å². The van der Waals surface area contributed by atoms with Crippen LogP contribution in [0.3, 0.4) is 0 Å². The monoisotopic (exact) mass is 400 g/mol. The average Bonchev–Trinajstić information content (AvgIpc) is 2.56. The number of hydrogen-bond acceptors (Lipinski definition) is 5. The molecule has 3 rings (SSSR count). The predicted molar refractivity (Wildman–Crippen MR) is 115 cm³/mol. The molecule has 0 spiro atoms. The van der Waals surface area contributed by atoms with Crippen LogP contribution in [-0.4, -0.2) is 29.1 Å². The van der Waals surface area contributed by atoms with E-state index in [0.717, 1.165) is 23.8 Å². The van der Waals surface area contributed by atoms with Crippen molar-refractivity contribution in [3.8, 4) is 5.75 Å². The number of ether oxygens (including phenoxy) is 1. The molecule has 0 saturated carbocycles. The molecule has 1 amide bonds. The van der Waals surface area contributed by atoms with Crippen LogP contribution in [0, 0.1) is 13.8 Å². The Hall–Kier alpha value is -2.34. The summed E-state index contributed by atoms with van der Waals surface area (Å²) in [6.45, 7) is 14.0. The summed E-state index contributed by atoms with van der Waals surface area (Å²) in [7, 11) is 0. The standard InChI is InChI=1S/C23H32N2O4/c1-13-14(2)21(27)29-19-10-17(8-9-18(13)19)28-15(3)20(26)24-16-11-22(4,5)25-23(6,7)12-16/h8-10,15-16,25H,11-12H2,1-7H3,(H,24,26)/t15-/m1/s1. The Morgan fingerprint density at radius 3 is 2.41 bits per heavy atom. The van der Waals surface area contributed by atoms with E-state index >= 15 is 0 Å². The zero-order valence-corrected chi connectivity index (χ0v) is 18.4. The Labute approximate surface area is 172 Å². The molecule has 158 valence electrons. The van der Waals surface area contributed by atoms with E-state index in [1.807, 2.05) is 13.0 Å². The molecule has 1 aromatic heterocycles. The van der Waals surface area contributed by atoms with Gasteiger partial charge in [-0.25, -0.2) is 4.79 Å². The first-order chi connectivity index (χ1) is 13.4. The molecule has 1 saturated heterocycles. The summed E-state index contributed by atoms with van der Waals surface area (Å²) < 4.78 is 11.2. The van der Waals surface area contributed by atoms with Crippen LogP contribution in [0.4, 0.5) is 0 Å². The number of aryl methyl sites for hydroxylation is 1. The maximum atomic E-state index is 12.7. The molecule has 2 N–H and O–H groups in total. The lowest BCUT2D eigenvalue weighted by atomic mass is 9.79. The third kappa shape index (κ3) is 4.81. The van der Waals surface area contributed by atoms with Crippen LogP contribution in [-0.2, 0) is 4.79 Å². The van der Waals surface area contributed by atoms with E-state index in [2.05, 4.69) is 38.3 Å². The van der Waals surface area contributed by atoms with Gasteiger partial charge >= 0.3 is 5.63 Å². The average molecular weight is 401 g/mol. The summed E-state index contributed by atoms with van der Waals surface area (Å²) in [5, 5.41) is 7.62. The van der Waals surface area contributed by atoms with Gasteiger partial charge in [0.15, 0.2) is 6.10 Å². The smallest absolute Gasteiger partial charge is 0.339 e. The highest BCUT2D eigenvalue weighted by Crippen LogP contribution is 2.29. The molecule has 2 heterocycles. The molecule has 0 bridgehead atoms. The lowest BCUT2D eigenvalue weighted by molar-refractivity contribution is -0.128. The molecule has 6 heteroatoms. The number of rotatable bonds is 4. The van der Waals surface area contributed by atoms with Crippen molar-refractivity contribution < 1.29 is 13.9 Å². The highest BCUT2D eigenvalue weighted by molar-refractivity contribution is 5.83.